The van der Waals surface area contributed by atoms with E-state index in [1.165, 1.54) is 4.90 Å². The summed E-state index contributed by atoms with van der Waals surface area (Å²) >= 11 is 0. The highest BCUT2D eigenvalue weighted by Crippen LogP contribution is 2.15. The molecular formula is C10H19N3O3. The van der Waals surface area contributed by atoms with E-state index in [0.717, 1.165) is 12.8 Å². The lowest BCUT2D eigenvalue weighted by atomic mass is 9.99. The van der Waals surface area contributed by atoms with E-state index in [1.807, 2.05) is 0 Å². The fourth-order valence-electron chi connectivity index (χ4n) is 1.80. The molecule has 0 radical (unpaired) electrons. The van der Waals surface area contributed by atoms with Crippen molar-refractivity contribution in [1.82, 2.24) is 10.2 Å². The fraction of sp³-hybridized carbons (Fsp3) is 0.800. The molecule has 0 aromatic carbocycles. The van der Waals surface area contributed by atoms with E-state index < -0.39 is 11.8 Å². The van der Waals surface area contributed by atoms with Crippen molar-refractivity contribution < 1.29 is 14.7 Å². The highest BCUT2D eigenvalue weighted by Gasteiger charge is 2.26. The zero-order chi connectivity index (χ0) is 12.0. The number of aliphatic hydroxyl groups is 1. The zero-order valence-corrected chi connectivity index (χ0v) is 9.32. The molecule has 2 amide bonds. The summed E-state index contributed by atoms with van der Waals surface area (Å²) in [4.78, 5) is 24.5. The number of aliphatic hydroxyl groups excluding tert-OH is 1. The largest absolute Gasteiger partial charge is 0.396 e. The van der Waals surface area contributed by atoms with Crippen molar-refractivity contribution in [3.8, 4) is 0 Å². The fourth-order valence-corrected chi connectivity index (χ4v) is 1.80. The first-order valence-electron chi connectivity index (χ1n) is 5.57. The molecule has 1 aliphatic heterocycles. The molecule has 0 aromatic heterocycles. The van der Waals surface area contributed by atoms with Crippen LogP contribution in [0.1, 0.15) is 12.8 Å². The third kappa shape index (κ3) is 3.46. The Hall–Kier alpha value is -1.14. The van der Waals surface area contributed by atoms with Crippen LogP contribution >= 0.6 is 0 Å². The molecule has 0 saturated carbocycles. The maximum atomic E-state index is 11.7. The molecule has 1 fully saturated rings. The zero-order valence-electron chi connectivity index (χ0n) is 9.32. The number of amides is 2. The Morgan fingerprint density at radius 3 is 2.88 bits per heavy atom. The van der Waals surface area contributed by atoms with Gasteiger partial charge in [-0.15, -0.1) is 0 Å². The Morgan fingerprint density at radius 2 is 2.25 bits per heavy atom. The second-order valence-corrected chi connectivity index (χ2v) is 3.99. The SMILES string of the molecule is NCCNC(=O)C(=O)N1CCCC(CO)C1. The predicted octanol–water partition coefficient (Wildman–Crippen LogP) is -1.71. The molecule has 16 heavy (non-hydrogen) atoms. The summed E-state index contributed by atoms with van der Waals surface area (Å²) in [7, 11) is 0. The van der Waals surface area contributed by atoms with E-state index in [-0.39, 0.29) is 12.5 Å². The van der Waals surface area contributed by atoms with Crippen LogP contribution in [0, 0.1) is 5.92 Å². The summed E-state index contributed by atoms with van der Waals surface area (Å²) in [5.41, 5.74) is 5.23. The van der Waals surface area contributed by atoms with Crippen molar-refractivity contribution in [3.63, 3.8) is 0 Å². The first-order chi connectivity index (χ1) is 7.69. The third-order valence-electron chi connectivity index (χ3n) is 2.69. The van der Waals surface area contributed by atoms with Crippen LogP contribution in [0.3, 0.4) is 0 Å². The smallest absolute Gasteiger partial charge is 0.311 e. The van der Waals surface area contributed by atoms with Crippen LogP contribution in [0.25, 0.3) is 0 Å². The summed E-state index contributed by atoms with van der Waals surface area (Å²) in [6.07, 6.45) is 1.74. The van der Waals surface area contributed by atoms with Crippen LogP contribution in [0.2, 0.25) is 0 Å². The molecule has 1 unspecified atom stereocenters. The Kier molecular flexibility index (Phi) is 5.21. The van der Waals surface area contributed by atoms with Gasteiger partial charge in [-0.1, -0.05) is 0 Å². The highest BCUT2D eigenvalue weighted by atomic mass is 16.3. The van der Waals surface area contributed by atoms with Crippen LogP contribution in [0.15, 0.2) is 0 Å². The molecule has 0 spiro atoms. The number of hydrogen-bond acceptors (Lipinski definition) is 4. The Morgan fingerprint density at radius 1 is 1.50 bits per heavy atom. The van der Waals surface area contributed by atoms with Gasteiger partial charge in [0, 0.05) is 32.8 Å². The predicted molar refractivity (Wildman–Crippen MR) is 58.5 cm³/mol. The summed E-state index contributed by atoms with van der Waals surface area (Å²) in [6, 6.07) is 0. The van der Waals surface area contributed by atoms with Crippen LogP contribution in [-0.2, 0) is 9.59 Å². The van der Waals surface area contributed by atoms with Gasteiger partial charge in [0.2, 0.25) is 0 Å². The molecule has 1 heterocycles. The molecule has 4 N–H and O–H groups in total. The molecule has 0 bridgehead atoms. The molecular weight excluding hydrogens is 210 g/mol. The van der Waals surface area contributed by atoms with Crippen LogP contribution in [-0.4, -0.2) is 54.6 Å². The number of carbonyl (C=O) groups is 2. The van der Waals surface area contributed by atoms with E-state index in [9.17, 15) is 9.59 Å². The molecule has 1 saturated heterocycles. The van der Waals surface area contributed by atoms with Crippen LogP contribution < -0.4 is 11.1 Å². The Labute approximate surface area is 94.8 Å². The number of likely N-dealkylation sites (tertiary alicyclic amines) is 1. The average Bonchev–Trinajstić information content (AvgIpc) is 2.35. The standard InChI is InChI=1S/C10H19N3O3/c11-3-4-12-9(15)10(16)13-5-1-2-8(6-13)7-14/h8,14H,1-7,11H2,(H,12,15). The summed E-state index contributed by atoms with van der Waals surface area (Å²) in [5, 5.41) is 11.5. The van der Waals surface area contributed by atoms with E-state index in [4.69, 9.17) is 10.8 Å². The van der Waals surface area contributed by atoms with E-state index >= 15 is 0 Å². The first kappa shape index (κ1) is 12.9. The molecule has 92 valence electrons. The second kappa shape index (κ2) is 6.44. The quantitative estimate of drug-likeness (QED) is 0.502. The van der Waals surface area contributed by atoms with Gasteiger partial charge >= 0.3 is 11.8 Å². The average molecular weight is 229 g/mol. The van der Waals surface area contributed by atoms with Crippen molar-refractivity contribution in [2.24, 2.45) is 11.7 Å². The lowest BCUT2D eigenvalue weighted by molar-refractivity contribution is -0.147. The number of piperidine rings is 1. The summed E-state index contributed by atoms with van der Waals surface area (Å²) < 4.78 is 0. The molecule has 0 aliphatic carbocycles. The number of nitrogens with one attached hydrogen (secondary N) is 1. The number of hydrogen-bond donors (Lipinski definition) is 3. The molecule has 1 rings (SSSR count). The summed E-state index contributed by atoms with van der Waals surface area (Å²) in [5.74, 6) is -1.03. The second-order valence-electron chi connectivity index (χ2n) is 3.99. The number of nitrogens with two attached hydrogens (primary N) is 1. The molecule has 6 nitrogen and oxygen atoms in total. The molecule has 0 aromatic rings. The molecule has 6 heteroatoms. The maximum Gasteiger partial charge on any atom is 0.311 e. The first-order valence-corrected chi connectivity index (χ1v) is 5.57. The van der Waals surface area contributed by atoms with Gasteiger partial charge in [0.1, 0.15) is 0 Å². The van der Waals surface area contributed by atoms with Gasteiger partial charge in [-0.2, -0.15) is 0 Å². The van der Waals surface area contributed by atoms with Gasteiger partial charge in [-0.25, -0.2) is 0 Å². The van der Waals surface area contributed by atoms with Crippen molar-refractivity contribution in [3.05, 3.63) is 0 Å². The normalized spacial score (nSPS) is 20.6. The van der Waals surface area contributed by atoms with E-state index in [0.29, 0.717) is 26.2 Å². The molecule has 1 atom stereocenters. The minimum absolute atomic E-state index is 0.0637. The van der Waals surface area contributed by atoms with E-state index in [1.54, 1.807) is 0 Å². The van der Waals surface area contributed by atoms with E-state index in [2.05, 4.69) is 5.32 Å². The van der Waals surface area contributed by atoms with Crippen molar-refractivity contribution in [1.29, 1.82) is 0 Å². The summed E-state index contributed by atoms with van der Waals surface area (Å²) in [6.45, 7) is 1.74. The Balaban J connectivity index is 2.43. The van der Waals surface area contributed by atoms with Gasteiger partial charge in [-0.05, 0) is 18.8 Å². The minimum atomic E-state index is -0.607. The molecule has 1 aliphatic rings. The van der Waals surface area contributed by atoms with Gasteiger partial charge in [0.15, 0.2) is 0 Å². The van der Waals surface area contributed by atoms with Gasteiger partial charge in [0.25, 0.3) is 0 Å². The van der Waals surface area contributed by atoms with Crippen molar-refractivity contribution in [2.45, 2.75) is 12.8 Å². The van der Waals surface area contributed by atoms with Gasteiger partial charge < -0.3 is 21.1 Å². The topological polar surface area (TPSA) is 95.7 Å². The highest BCUT2D eigenvalue weighted by molar-refractivity contribution is 6.35. The maximum absolute atomic E-state index is 11.7. The van der Waals surface area contributed by atoms with Gasteiger partial charge in [0.05, 0.1) is 0 Å². The Bertz CT molecular complexity index is 258. The van der Waals surface area contributed by atoms with Crippen molar-refractivity contribution >= 4 is 11.8 Å². The van der Waals surface area contributed by atoms with Gasteiger partial charge in [-0.3, -0.25) is 9.59 Å². The monoisotopic (exact) mass is 229 g/mol. The number of rotatable bonds is 3. The van der Waals surface area contributed by atoms with Crippen molar-refractivity contribution in [2.75, 3.05) is 32.8 Å². The number of carbonyl (C=O) groups excluding carboxylic acids is 2. The lowest BCUT2D eigenvalue weighted by Crippen LogP contribution is -2.48. The van der Waals surface area contributed by atoms with Crippen LogP contribution in [0.5, 0.6) is 0 Å². The number of nitrogens with zero attached hydrogens (tertiary/aromatic N) is 1. The third-order valence-corrected chi connectivity index (χ3v) is 2.69. The minimum Gasteiger partial charge on any atom is -0.396 e. The van der Waals surface area contributed by atoms with Crippen LogP contribution in [0.4, 0.5) is 0 Å². The lowest BCUT2D eigenvalue weighted by Gasteiger charge is -2.31.